The first kappa shape index (κ1) is 11.7. The molecule has 0 aliphatic carbocycles. The number of para-hydroxylation sites is 1. The van der Waals surface area contributed by atoms with Crippen molar-refractivity contribution >= 4 is 0 Å². The average molecular weight is 230 g/mol. The molecule has 2 rings (SSSR count). The van der Waals surface area contributed by atoms with E-state index in [1.54, 1.807) is 0 Å². The van der Waals surface area contributed by atoms with E-state index in [0.717, 1.165) is 18.6 Å². The maximum absolute atomic E-state index is 5.82. The Bertz CT molecular complexity index is 477. The molecule has 0 unspecified atom stereocenters. The third-order valence-corrected chi connectivity index (χ3v) is 2.89. The summed E-state index contributed by atoms with van der Waals surface area (Å²) in [6.45, 7) is 2.83. The van der Waals surface area contributed by atoms with Crippen molar-refractivity contribution in [1.82, 2.24) is 9.78 Å². The van der Waals surface area contributed by atoms with E-state index in [9.17, 15) is 0 Å². The molecule has 90 valence electrons. The molecule has 1 aromatic carbocycles. The lowest BCUT2D eigenvalue weighted by atomic mass is 10.1. The van der Waals surface area contributed by atoms with E-state index in [0.29, 0.717) is 6.61 Å². The highest BCUT2D eigenvalue weighted by Crippen LogP contribution is 2.18. The second kappa shape index (κ2) is 5.53. The molecule has 0 saturated carbocycles. The summed E-state index contributed by atoms with van der Waals surface area (Å²) in [5.74, 6) is 0.997. The summed E-state index contributed by atoms with van der Waals surface area (Å²) in [6, 6.07) is 10.2. The number of nitrogens with zero attached hydrogens (tertiary/aromatic N) is 2. The van der Waals surface area contributed by atoms with Crippen molar-refractivity contribution in [2.24, 2.45) is 7.05 Å². The van der Waals surface area contributed by atoms with Gasteiger partial charge in [0.15, 0.2) is 0 Å². The fourth-order valence-electron chi connectivity index (χ4n) is 1.85. The zero-order valence-electron chi connectivity index (χ0n) is 10.4. The monoisotopic (exact) mass is 230 g/mol. The minimum absolute atomic E-state index is 0.691. The predicted octanol–water partition coefficient (Wildman–Crippen LogP) is 2.60. The van der Waals surface area contributed by atoms with Crippen molar-refractivity contribution in [2.75, 3.05) is 6.61 Å². The van der Waals surface area contributed by atoms with Crippen LogP contribution in [-0.2, 0) is 19.9 Å². The number of benzene rings is 1. The molecule has 0 atom stereocenters. The van der Waals surface area contributed by atoms with Crippen molar-refractivity contribution < 1.29 is 4.74 Å². The van der Waals surface area contributed by atoms with Gasteiger partial charge in [0.2, 0.25) is 0 Å². The number of ether oxygens (including phenoxy) is 1. The van der Waals surface area contributed by atoms with Crippen molar-refractivity contribution in [2.45, 2.75) is 19.8 Å². The first-order valence-corrected chi connectivity index (χ1v) is 5.99. The van der Waals surface area contributed by atoms with Gasteiger partial charge in [-0.05, 0) is 24.1 Å². The maximum Gasteiger partial charge on any atom is 0.122 e. The van der Waals surface area contributed by atoms with Gasteiger partial charge >= 0.3 is 0 Å². The third kappa shape index (κ3) is 2.87. The number of hydrogen-bond acceptors (Lipinski definition) is 2. The van der Waals surface area contributed by atoms with Crippen molar-refractivity contribution in [3.63, 3.8) is 0 Å². The Labute approximate surface area is 102 Å². The highest BCUT2D eigenvalue weighted by atomic mass is 16.5. The van der Waals surface area contributed by atoms with Gasteiger partial charge in [-0.25, -0.2) is 0 Å². The first-order valence-electron chi connectivity index (χ1n) is 5.99. The van der Waals surface area contributed by atoms with Gasteiger partial charge in [0.25, 0.3) is 0 Å². The van der Waals surface area contributed by atoms with Gasteiger partial charge in [-0.1, -0.05) is 25.1 Å². The van der Waals surface area contributed by atoms with Gasteiger partial charge in [0, 0.05) is 25.4 Å². The van der Waals surface area contributed by atoms with Gasteiger partial charge in [0.1, 0.15) is 5.75 Å². The summed E-state index contributed by atoms with van der Waals surface area (Å²) >= 11 is 0. The van der Waals surface area contributed by atoms with E-state index in [1.165, 1.54) is 11.3 Å². The molecular formula is C14H18N2O. The predicted molar refractivity (Wildman–Crippen MR) is 68.2 cm³/mol. The smallest absolute Gasteiger partial charge is 0.122 e. The molecule has 0 fully saturated rings. The average Bonchev–Trinajstić information content (AvgIpc) is 2.76. The van der Waals surface area contributed by atoms with Crippen LogP contribution in [0.5, 0.6) is 5.75 Å². The summed E-state index contributed by atoms with van der Waals surface area (Å²) in [7, 11) is 1.95. The molecule has 2 aromatic rings. The number of rotatable bonds is 5. The van der Waals surface area contributed by atoms with Gasteiger partial charge in [-0.2, -0.15) is 5.10 Å². The summed E-state index contributed by atoms with van der Waals surface area (Å²) < 4.78 is 7.70. The fourth-order valence-corrected chi connectivity index (χ4v) is 1.85. The Morgan fingerprint density at radius 2 is 2.06 bits per heavy atom. The lowest BCUT2D eigenvalue weighted by Gasteiger charge is -2.10. The van der Waals surface area contributed by atoms with Crippen molar-refractivity contribution in [1.29, 1.82) is 0 Å². The number of aromatic nitrogens is 2. The molecule has 0 aliphatic heterocycles. The van der Waals surface area contributed by atoms with Crippen LogP contribution in [0, 0.1) is 0 Å². The lowest BCUT2D eigenvalue weighted by molar-refractivity contribution is 0.315. The molecule has 0 radical (unpaired) electrons. The lowest BCUT2D eigenvalue weighted by Crippen LogP contribution is -2.06. The SMILES string of the molecule is CCc1ccccc1OCCc1ccnn1C. The van der Waals surface area contributed by atoms with E-state index >= 15 is 0 Å². The van der Waals surface area contributed by atoms with Crippen LogP contribution in [0.3, 0.4) is 0 Å². The van der Waals surface area contributed by atoms with Crippen molar-refractivity contribution in [3.05, 3.63) is 47.8 Å². The van der Waals surface area contributed by atoms with E-state index in [1.807, 2.05) is 42.2 Å². The topological polar surface area (TPSA) is 27.1 Å². The van der Waals surface area contributed by atoms with E-state index in [4.69, 9.17) is 4.74 Å². The van der Waals surface area contributed by atoms with E-state index in [2.05, 4.69) is 18.1 Å². The highest BCUT2D eigenvalue weighted by molar-refractivity contribution is 5.33. The zero-order chi connectivity index (χ0) is 12.1. The van der Waals surface area contributed by atoms with Crippen LogP contribution in [0.4, 0.5) is 0 Å². The molecule has 0 aliphatic rings. The summed E-state index contributed by atoms with van der Waals surface area (Å²) in [4.78, 5) is 0. The summed E-state index contributed by atoms with van der Waals surface area (Å²) in [6.07, 6.45) is 3.70. The van der Waals surface area contributed by atoms with Crippen LogP contribution in [-0.4, -0.2) is 16.4 Å². The normalized spacial score (nSPS) is 10.5. The van der Waals surface area contributed by atoms with Gasteiger partial charge in [-0.15, -0.1) is 0 Å². The minimum atomic E-state index is 0.691. The van der Waals surface area contributed by atoms with Gasteiger partial charge in [0.05, 0.1) is 6.61 Å². The first-order chi connectivity index (χ1) is 8.31. The Balaban J connectivity index is 1.92. The van der Waals surface area contributed by atoms with Crippen LogP contribution in [0.15, 0.2) is 36.5 Å². The molecule has 0 spiro atoms. The quantitative estimate of drug-likeness (QED) is 0.789. The second-order valence-corrected chi connectivity index (χ2v) is 4.01. The van der Waals surface area contributed by atoms with Crippen LogP contribution < -0.4 is 4.74 Å². The highest BCUT2D eigenvalue weighted by Gasteiger charge is 2.02. The summed E-state index contributed by atoms with van der Waals surface area (Å²) in [5.41, 5.74) is 2.46. The Morgan fingerprint density at radius 1 is 1.24 bits per heavy atom. The van der Waals surface area contributed by atoms with Gasteiger partial charge < -0.3 is 4.74 Å². The second-order valence-electron chi connectivity index (χ2n) is 4.01. The molecule has 1 aromatic heterocycles. The third-order valence-electron chi connectivity index (χ3n) is 2.89. The number of aryl methyl sites for hydroxylation is 2. The molecule has 3 heteroatoms. The molecule has 0 bridgehead atoms. The Kier molecular flexibility index (Phi) is 3.81. The van der Waals surface area contributed by atoms with Crippen LogP contribution in [0.2, 0.25) is 0 Å². The zero-order valence-corrected chi connectivity index (χ0v) is 10.4. The summed E-state index contributed by atoms with van der Waals surface area (Å²) in [5, 5.41) is 4.14. The molecule has 0 N–H and O–H groups in total. The molecule has 0 saturated heterocycles. The van der Waals surface area contributed by atoms with Crippen LogP contribution >= 0.6 is 0 Å². The molecule has 3 nitrogen and oxygen atoms in total. The molecular weight excluding hydrogens is 212 g/mol. The fraction of sp³-hybridized carbons (Fsp3) is 0.357. The maximum atomic E-state index is 5.82. The van der Waals surface area contributed by atoms with Crippen LogP contribution in [0.1, 0.15) is 18.2 Å². The van der Waals surface area contributed by atoms with Crippen LogP contribution in [0.25, 0.3) is 0 Å². The Morgan fingerprint density at radius 3 is 2.76 bits per heavy atom. The Hall–Kier alpha value is -1.77. The van der Waals surface area contributed by atoms with E-state index in [-0.39, 0.29) is 0 Å². The number of hydrogen-bond donors (Lipinski definition) is 0. The minimum Gasteiger partial charge on any atom is -0.493 e. The van der Waals surface area contributed by atoms with Crippen molar-refractivity contribution in [3.8, 4) is 5.75 Å². The van der Waals surface area contributed by atoms with Gasteiger partial charge in [-0.3, -0.25) is 4.68 Å². The standard InChI is InChI=1S/C14H18N2O/c1-3-12-6-4-5-7-14(12)17-11-9-13-8-10-15-16(13)2/h4-8,10H,3,9,11H2,1-2H3. The molecule has 17 heavy (non-hydrogen) atoms. The molecule has 1 heterocycles. The largest absolute Gasteiger partial charge is 0.493 e. The van der Waals surface area contributed by atoms with E-state index < -0.39 is 0 Å². The molecule has 0 amide bonds.